The quantitative estimate of drug-likeness (QED) is 0.337. The van der Waals surface area contributed by atoms with Crippen molar-refractivity contribution in [2.75, 3.05) is 6.61 Å². The van der Waals surface area contributed by atoms with Crippen molar-refractivity contribution in [2.45, 2.75) is 43.2 Å². The summed E-state index contributed by atoms with van der Waals surface area (Å²) in [4.78, 5) is 11.0. The molecule has 1 aliphatic rings. The molecule has 7 N–H and O–H groups in total. The average Bonchev–Trinajstić information content (AvgIpc) is 2.56. The van der Waals surface area contributed by atoms with Crippen molar-refractivity contribution in [2.24, 2.45) is 5.73 Å². The van der Waals surface area contributed by atoms with Crippen LogP contribution in [0.4, 0.5) is 0 Å². The van der Waals surface area contributed by atoms with Gasteiger partial charge in [0.25, 0.3) is 0 Å². The van der Waals surface area contributed by atoms with Crippen molar-refractivity contribution in [1.29, 1.82) is 0 Å². The van der Waals surface area contributed by atoms with Crippen LogP contribution >= 0.6 is 0 Å². The summed E-state index contributed by atoms with van der Waals surface area (Å²) in [5, 5.41) is 47.1. The number of carbonyl (C=O) groups is 1. The van der Waals surface area contributed by atoms with E-state index in [-0.39, 0.29) is 18.4 Å². The van der Waals surface area contributed by atoms with Gasteiger partial charge in [-0.3, -0.25) is 0 Å². The van der Waals surface area contributed by atoms with Crippen LogP contribution in [0.5, 0.6) is 5.75 Å². The molecule has 0 aromatic heterocycles. The number of hydrogen-bond donors (Lipinski definition) is 6. The van der Waals surface area contributed by atoms with Crippen LogP contribution in [0.3, 0.4) is 0 Å². The predicted octanol–water partition coefficient (Wildman–Crippen LogP) is -2.18. The Kier molecular flexibility index (Phi) is 6.10. The van der Waals surface area contributed by atoms with Crippen LogP contribution < -0.4 is 10.5 Å². The fourth-order valence-corrected chi connectivity index (χ4v) is 2.35. The lowest BCUT2D eigenvalue weighted by Gasteiger charge is -2.38. The molecule has 1 unspecified atom stereocenters. The standard InChI is InChI=1S/C15H21NO8/c16-8(6-17)5-7-1-3-9(4-2-7)23-15-12(20)10(18)11(19)13(24-15)14(21)22/h1-4,8,10-13,15,17-20H,5-6,16H2,(H,21,22)/t8-,10-,11-,12+,13-,15?/m0/s1. The van der Waals surface area contributed by atoms with Gasteiger partial charge in [-0.15, -0.1) is 0 Å². The van der Waals surface area contributed by atoms with E-state index in [1.807, 2.05) is 0 Å². The van der Waals surface area contributed by atoms with Crippen molar-refractivity contribution in [3.05, 3.63) is 29.8 Å². The molecule has 9 nitrogen and oxygen atoms in total. The molecule has 1 heterocycles. The topological polar surface area (TPSA) is 163 Å². The molecule has 0 aliphatic carbocycles. The molecule has 1 aromatic carbocycles. The van der Waals surface area contributed by atoms with E-state index in [0.29, 0.717) is 6.42 Å². The summed E-state index contributed by atoms with van der Waals surface area (Å²) in [6.07, 6.45) is -7.79. The number of ether oxygens (including phenoxy) is 2. The van der Waals surface area contributed by atoms with Crippen molar-refractivity contribution in [1.82, 2.24) is 0 Å². The Morgan fingerprint density at radius 2 is 1.79 bits per heavy atom. The summed E-state index contributed by atoms with van der Waals surface area (Å²) in [5.74, 6) is -1.21. The summed E-state index contributed by atoms with van der Waals surface area (Å²) in [6.45, 7) is -0.142. The first-order chi connectivity index (χ1) is 11.3. The smallest absolute Gasteiger partial charge is 0.335 e. The summed E-state index contributed by atoms with van der Waals surface area (Å²) >= 11 is 0. The minimum atomic E-state index is -1.76. The Bertz CT molecular complexity index is 551. The average molecular weight is 343 g/mol. The minimum Gasteiger partial charge on any atom is -0.479 e. The van der Waals surface area contributed by atoms with Crippen LogP contribution in [-0.2, 0) is 16.0 Å². The van der Waals surface area contributed by atoms with Gasteiger partial charge in [-0.05, 0) is 24.1 Å². The predicted molar refractivity (Wildman–Crippen MR) is 80.2 cm³/mol. The molecule has 1 aromatic rings. The molecule has 0 amide bonds. The zero-order valence-electron chi connectivity index (χ0n) is 12.7. The monoisotopic (exact) mass is 343 g/mol. The maximum absolute atomic E-state index is 11.0. The van der Waals surface area contributed by atoms with Crippen LogP contribution in [0.2, 0.25) is 0 Å². The number of nitrogens with two attached hydrogens (primary N) is 1. The maximum atomic E-state index is 11.0. The third-order valence-electron chi connectivity index (χ3n) is 3.72. The Morgan fingerprint density at radius 3 is 2.33 bits per heavy atom. The van der Waals surface area contributed by atoms with Gasteiger partial charge in [0.15, 0.2) is 6.10 Å². The third-order valence-corrected chi connectivity index (χ3v) is 3.72. The highest BCUT2D eigenvalue weighted by atomic mass is 16.7. The van der Waals surface area contributed by atoms with Gasteiger partial charge in [-0.2, -0.15) is 0 Å². The van der Waals surface area contributed by atoms with Gasteiger partial charge < -0.3 is 40.7 Å². The summed E-state index contributed by atoms with van der Waals surface area (Å²) in [7, 11) is 0. The molecule has 1 fully saturated rings. The van der Waals surface area contributed by atoms with Crippen LogP contribution in [0.1, 0.15) is 5.56 Å². The zero-order chi connectivity index (χ0) is 17.9. The van der Waals surface area contributed by atoms with Gasteiger partial charge in [0.2, 0.25) is 6.29 Å². The number of aliphatic carboxylic acids is 1. The van der Waals surface area contributed by atoms with E-state index in [1.165, 1.54) is 0 Å². The fourth-order valence-electron chi connectivity index (χ4n) is 2.35. The highest BCUT2D eigenvalue weighted by Crippen LogP contribution is 2.25. The molecule has 0 bridgehead atoms. The van der Waals surface area contributed by atoms with Gasteiger partial charge >= 0.3 is 5.97 Å². The van der Waals surface area contributed by atoms with Crippen LogP contribution in [0, 0.1) is 0 Å². The van der Waals surface area contributed by atoms with E-state index in [2.05, 4.69) is 0 Å². The highest BCUT2D eigenvalue weighted by Gasteiger charge is 2.48. The van der Waals surface area contributed by atoms with Gasteiger partial charge in [0.05, 0.1) is 6.61 Å². The Hall–Kier alpha value is -1.75. The first kappa shape index (κ1) is 18.6. The van der Waals surface area contributed by atoms with Crippen LogP contribution in [0.15, 0.2) is 24.3 Å². The third kappa shape index (κ3) is 4.20. The van der Waals surface area contributed by atoms with Crippen molar-refractivity contribution >= 4 is 5.97 Å². The number of carboxylic acids is 1. The number of rotatable bonds is 6. The molecular formula is C15H21NO8. The molecule has 9 heteroatoms. The lowest BCUT2D eigenvalue weighted by atomic mass is 9.99. The number of benzene rings is 1. The molecule has 24 heavy (non-hydrogen) atoms. The second-order valence-corrected chi connectivity index (χ2v) is 5.64. The second-order valence-electron chi connectivity index (χ2n) is 5.64. The van der Waals surface area contributed by atoms with Gasteiger partial charge in [-0.1, -0.05) is 12.1 Å². The van der Waals surface area contributed by atoms with Gasteiger partial charge in [0.1, 0.15) is 24.1 Å². The van der Waals surface area contributed by atoms with Crippen molar-refractivity contribution in [3.63, 3.8) is 0 Å². The van der Waals surface area contributed by atoms with E-state index < -0.39 is 36.7 Å². The number of aliphatic hydroxyl groups is 4. The molecule has 6 atom stereocenters. The highest BCUT2D eigenvalue weighted by molar-refractivity contribution is 5.73. The lowest BCUT2D eigenvalue weighted by Crippen LogP contribution is -2.61. The van der Waals surface area contributed by atoms with Gasteiger partial charge in [0, 0.05) is 6.04 Å². The van der Waals surface area contributed by atoms with Gasteiger partial charge in [-0.25, -0.2) is 4.79 Å². The first-order valence-electron chi connectivity index (χ1n) is 7.38. The van der Waals surface area contributed by atoms with Crippen LogP contribution in [0.25, 0.3) is 0 Å². The van der Waals surface area contributed by atoms with E-state index in [9.17, 15) is 20.1 Å². The van der Waals surface area contributed by atoms with Crippen LogP contribution in [-0.4, -0.2) is 74.9 Å². The fraction of sp³-hybridized carbons (Fsp3) is 0.533. The molecule has 0 saturated carbocycles. The molecule has 0 radical (unpaired) electrons. The Labute approximate surface area is 137 Å². The maximum Gasteiger partial charge on any atom is 0.335 e. The molecular weight excluding hydrogens is 322 g/mol. The summed E-state index contributed by atoms with van der Waals surface area (Å²) in [6, 6.07) is 6.12. The first-order valence-corrected chi connectivity index (χ1v) is 7.38. The normalized spacial score (nSPS) is 31.5. The van der Waals surface area contributed by atoms with E-state index in [1.54, 1.807) is 24.3 Å². The van der Waals surface area contributed by atoms with Crippen molar-refractivity contribution < 1.29 is 39.8 Å². The lowest BCUT2D eigenvalue weighted by molar-refractivity contribution is -0.271. The van der Waals surface area contributed by atoms with E-state index in [0.717, 1.165) is 5.56 Å². The molecule has 134 valence electrons. The van der Waals surface area contributed by atoms with E-state index >= 15 is 0 Å². The van der Waals surface area contributed by atoms with E-state index in [4.69, 9.17) is 25.4 Å². The summed E-state index contributed by atoms with van der Waals surface area (Å²) < 4.78 is 10.4. The molecule has 2 rings (SSSR count). The number of carboxylic acid groups (broad SMARTS) is 1. The molecule has 0 spiro atoms. The number of aliphatic hydroxyl groups excluding tert-OH is 4. The SMILES string of the molecule is N[C@H](CO)Cc1ccc(OC2O[C@H](C(=O)O)[C@@H](O)[C@H](O)[C@H]2O)cc1. The second kappa shape index (κ2) is 7.88. The zero-order valence-corrected chi connectivity index (χ0v) is 12.7. The molecule has 1 aliphatic heterocycles. The number of hydrogen-bond acceptors (Lipinski definition) is 8. The molecule has 1 saturated heterocycles. The Morgan fingerprint density at radius 1 is 1.17 bits per heavy atom. The largest absolute Gasteiger partial charge is 0.479 e. The minimum absolute atomic E-state index is 0.142. The Balaban J connectivity index is 2.05. The summed E-state index contributed by atoms with van der Waals surface area (Å²) in [5.41, 5.74) is 6.50. The van der Waals surface area contributed by atoms with Crippen molar-refractivity contribution in [3.8, 4) is 5.75 Å².